The normalized spacial score (nSPS) is 15.4. The Morgan fingerprint density at radius 3 is 2.46 bits per heavy atom. The number of halogens is 2. The molecule has 0 atom stereocenters. The van der Waals surface area contributed by atoms with Gasteiger partial charge in [0, 0.05) is 39.1 Å². The number of likely N-dealkylation sites (N-methyl/N-ethyl adjacent to an activating group) is 1. The largest absolute Gasteiger partial charge is 0.355 e. The van der Waals surface area contributed by atoms with Crippen LogP contribution in [0.2, 0.25) is 0 Å². The predicted octanol–water partition coefficient (Wildman–Crippen LogP) is 1.18. The third kappa shape index (κ3) is 5.26. The van der Waals surface area contributed by atoms with Gasteiger partial charge >= 0.3 is 0 Å². The van der Waals surface area contributed by atoms with Crippen LogP contribution >= 0.6 is 0 Å². The van der Waals surface area contributed by atoms with Crippen LogP contribution in [0.3, 0.4) is 0 Å². The van der Waals surface area contributed by atoms with Crippen molar-refractivity contribution in [2.45, 2.75) is 19.8 Å². The highest BCUT2D eigenvalue weighted by Gasteiger charge is 2.22. The number of benzene rings is 1. The second-order valence-electron chi connectivity index (χ2n) is 5.86. The summed E-state index contributed by atoms with van der Waals surface area (Å²) in [6, 6.07) is 3.71. The highest BCUT2D eigenvalue weighted by Crippen LogP contribution is 2.12. The molecule has 1 fully saturated rings. The van der Waals surface area contributed by atoms with E-state index in [0.717, 1.165) is 12.1 Å². The summed E-state index contributed by atoms with van der Waals surface area (Å²) in [6.07, 6.45) is 0.649. The molecule has 0 saturated carbocycles. The average Bonchev–Trinajstić information content (AvgIpc) is 2.56. The van der Waals surface area contributed by atoms with E-state index in [1.165, 1.54) is 6.07 Å². The van der Waals surface area contributed by atoms with Crippen LogP contribution in [0.1, 0.15) is 18.9 Å². The molecule has 0 aliphatic carbocycles. The van der Waals surface area contributed by atoms with E-state index < -0.39 is 11.6 Å². The Labute approximate surface area is 140 Å². The summed E-state index contributed by atoms with van der Waals surface area (Å²) in [5.74, 6) is -1.78. The number of hydrogen-bond donors (Lipinski definition) is 1. The smallest absolute Gasteiger partial charge is 0.234 e. The van der Waals surface area contributed by atoms with E-state index in [0.29, 0.717) is 51.3 Å². The van der Waals surface area contributed by atoms with Gasteiger partial charge in [-0.2, -0.15) is 0 Å². The van der Waals surface area contributed by atoms with Crippen LogP contribution in [0.4, 0.5) is 8.78 Å². The molecule has 1 heterocycles. The third-order valence-electron chi connectivity index (χ3n) is 4.08. The summed E-state index contributed by atoms with van der Waals surface area (Å²) >= 11 is 0. The van der Waals surface area contributed by atoms with Crippen molar-refractivity contribution in [3.63, 3.8) is 0 Å². The molecule has 0 unspecified atom stereocenters. The molecule has 7 heteroatoms. The van der Waals surface area contributed by atoms with Crippen molar-refractivity contribution in [1.29, 1.82) is 0 Å². The minimum Gasteiger partial charge on any atom is -0.355 e. The molecule has 1 aromatic rings. The van der Waals surface area contributed by atoms with Crippen molar-refractivity contribution in [2.75, 3.05) is 39.3 Å². The highest BCUT2D eigenvalue weighted by molar-refractivity contribution is 5.78. The van der Waals surface area contributed by atoms with E-state index in [1.807, 2.05) is 11.8 Å². The second kappa shape index (κ2) is 8.73. The SMILES string of the molecule is CCNC(=O)CN1CCN(C(=O)CCc2ccc(F)c(F)c2)CC1. The van der Waals surface area contributed by atoms with Crippen molar-refractivity contribution < 1.29 is 18.4 Å². The molecule has 1 aliphatic rings. The molecule has 1 N–H and O–H groups in total. The molecule has 0 aromatic heterocycles. The van der Waals surface area contributed by atoms with Crippen LogP contribution in [0.15, 0.2) is 18.2 Å². The molecule has 0 radical (unpaired) electrons. The lowest BCUT2D eigenvalue weighted by molar-refractivity contribution is -0.133. The maximum absolute atomic E-state index is 13.2. The van der Waals surface area contributed by atoms with Gasteiger partial charge in [0.05, 0.1) is 6.54 Å². The topological polar surface area (TPSA) is 52.7 Å². The van der Waals surface area contributed by atoms with Gasteiger partial charge in [0.1, 0.15) is 0 Å². The van der Waals surface area contributed by atoms with Gasteiger partial charge in [0.2, 0.25) is 11.8 Å². The van der Waals surface area contributed by atoms with E-state index in [4.69, 9.17) is 0 Å². The summed E-state index contributed by atoms with van der Waals surface area (Å²) in [4.78, 5) is 27.5. The van der Waals surface area contributed by atoms with Gasteiger partial charge in [0.25, 0.3) is 0 Å². The third-order valence-corrected chi connectivity index (χ3v) is 4.08. The number of carbonyl (C=O) groups excluding carboxylic acids is 2. The van der Waals surface area contributed by atoms with Crippen molar-refractivity contribution in [3.05, 3.63) is 35.4 Å². The number of rotatable bonds is 6. The summed E-state index contributed by atoms with van der Waals surface area (Å²) in [5.41, 5.74) is 0.608. The Morgan fingerprint density at radius 1 is 1.12 bits per heavy atom. The van der Waals surface area contributed by atoms with E-state index >= 15 is 0 Å². The number of piperazine rings is 1. The van der Waals surface area contributed by atoms with Crippen LogP contribution in [0.5, 0.6) is 0 Å². The Balaban J connectivity index is 1.74. The quantitative estimate of drug-likeness (QED) is 0.847. The standard InChI is InChI=1S/C17H23F2N3O2/c1-2-20-16(23)12-21-7-9-22(10-8-21)17(24)6-4-13-3-5-14(18)15(19)11-13/h3,5,11H,2,4,6-10,12H2,1H3,(H,20,23). The molecular weight excluding hydrogens is 316 g/mol. The number of aryl methyl sites for hydroxylation is 1. The summed E-state index contributed by atoms with van der Waals surface area (Å²) in [6.45, 7) is 5.32. The first-order valence-electron chi connectivity index (χ1n) is 8.20. The lowest BCUT2D eigenvalue weighted by atomic mass is 10.1. The van der Waals surface area contributed by atoms with Crippen molar-refractivity contribution in [1.82, 2.24) is 15.1 Å². The first-order chi connectivity index (χ1) is 11.5. The first-order valence-corrected chi connectivity index (χ1v) is 8.20. The maximum atomic E-state index is 13.2. The predicted molar refractivity (Wildman–Crippen MR) is 86.4 cm³/mol. The fraction of sp³-hybridized carbons (Fsp3) is 0.529. The monoisotopic (exact) mass is 339 g/mol. The number of carbonyl (C=O) groups is 2. The lowest BCUT2D eigenvalue weighted by Gasteiger charge is -2.34. The minimum atomic E-state index is -0.890. The van der Waals surface area contributed by atoms with Gasteiger partial charge in [-0.05, 0) is 31.0 Å². The van der Waals surface area contributed by atoms with Gasteiger partial charge in [-0.1, -0.05) is 6.07 Å². The maximum Gasteiger partial charge on any atom is 0.234 e. The molecule has 2 rings (SSSR count). The molecule has 1 saturated heterocycles. The van der Waals surface area contributed by atoms with Crippen molar-refractivity contribution >= 4 is 11.8 Å². The fourth-order valence-electron chi connectivity index (χ4n) is 2.72. The number of amides is 2. The Hall–Kier alpha value is -2.02. The Morgan fingerprint density at radius 2 is 1.83 bits per heavy atom. The zero-order valence-corrected chi connectivity index (χ0v) is 13.9. The van der Waals surface area contributed by atoms with Crippen LogP contribution < -0.4 is 5.32 Å². The van der Waals surface area contributed by atoms with Crippen LogP contribution in [0.25, 0.3) is 0 Å². The zero-order chi connectivity index (χ0) is 17.5. The van der Waals surface area contributed by atoms with Crippen LogP contribution in [0, 0.1) is 11.6 Å². The molecule has 2 amide bonds. The molecular formula is C17H23F2N3O2. The molecule has 0 spiro atoms. The molecule has 5 nitrogen and oxygen atoms in total. The van der Waals surface area contributed by atoms with E-state index in [9.17, 15) is 18.4 Å². The molecule has 0 bridgehead atoms. The summed E-state index contributed by atoms with van der Waals surface area (Å²) in [7, 11) is 0. The minimum absolute atomic E-state index is 0.00241. The second-order valence-corrected chi connectivity index (χ2v) is 5.86. The zero-order valence-electron chi connectivity index (χ0n) is 13.9. The van der Waals surface area contributed by atoms with E-state index in [1.54, 1.807) is 4.90 Å². The number of nitrogens with zero attached hydrogens (tertiary/aromatic N) is 2. The molecule has 132 valence electrons. The van der Waals surface area contributed by atoms with E-state index in [-0.39, 0.29) is 18.2 Å². The van der Waals surface area contributed by atoms with Gasteiger partial charge in [-0.25, -0.2) is 8.78 Å². The Kier molecular flexibility index (Phi) is 6.66. The molecule has 1 aromatic carbocycles. The van der Waals surface area contributed by atoms with Gasteiger partial charge in [-0.3, -0.25) is 14.5 Å². The fourth-order valence-corrected chi connectivity index (χ4v) is 2.72. The molecule has 1 aliphatic heterocycles. The first kappa shape index (κ1) is 18.3. The summed E-state index contributed by atoms with van der Waals surface area (Å²) in [5, 5.41) is 2.76. The number of nitrogens with one attached hydrogen (secondary N) is 1. The van der Waals surface area contributed by atoms with Gasteiger partial charge in [0.15, 0.2) is 11.6 Å². The lowest BCUT2D eigenvalue weighted by Crippen LogP contribution is -2.51. The summed E-state index contributed by atoms with van der Waals surface area (Å²) < 4.78 is 26.0. The van der Waals surface area contributed by atoms with E-state index in [2.05, 4.69) is 5.32 Å². The average molecular weight is 339 g/mol. The highest BCUT2D eigenvalue weighted by atomic mass is 19.2. The van der Waals surface area contributed by atoms with Crippen molar-refractivity contribution in [3.8, 4) is 0 Å². The van der Waals surface area contributed by atoms with Crippen molar-refractivity contribution in [2.24, 2.45) is 0 Å². The Bertz CT molecular complexity index is 587. The van der Waals surface area contributed by atoms with Gasteiger partial charge in [-0.15, -0.1) is 0 Å². The van der Waals surface area contributed by atoms with Crippen LogP contribution in [-0.2, 0) is 16.0 Å². The van der Waals surface area contributed by atoms with Crippen LogP contribution in [-0.4, -0.2) is 60.9 Å². The molecule has 24 heavy (non-hydrogen) atoms. The number of hydrogen-bond acceptors (Lipinski definition) is 3. The van der Waals surface area contributed by atoms with Gasteiger partial charge < -0.3 is 10.2 Å².